The third-order valence-electron chi connectivity index (χ3n) is 2.81. The largest absolute Gasteiger partial charge is 0.385 e. The molecule has 0 spiro atoms. The lowest BCUT2D eigenvalue weighted by Crippen LogP contribution is -1.92. The van der Waals surface area contributed by atoms with E-state index in [1.54, 1.807) is 6.92 Å². The molecule has 0 radical (unpaired) electrons. The fraction of sp³-hybridized carbons (Fsp3) is 0.143. The van der Waals surface area contributed by atoms with E-state index in [-0.39, 0.29) is 0 Å². The van der Waals surface area contributed by atoms with Gasteiger partial charge in [0.1, 0.15) is 6.10 Å². The van der Waals surface area contributed by atoms with Crippen molar-refractivity contribution in [1.82, 2.24) is 10.1 Å². The van der Waals surface area contributed by atoms with Gasteiger partial charge in [-0.2, -0.15) is 4.98 Å². The van der Waals surface area contributed by atoms with Crippen LogP contribution in [0, 0.1) is 0 Å². The highest BCUT2D eigenvalue weighted by Gasteiger charge is 2.12. The van der Waals surface area contributed by atoms with Crippen LogP contribution in [0.5, 0.6) is 0 Å². The second-order valence-electron chi connectivity index (χ2n) is 4.20. The van der Waals surface area contributed by atoms with E-state index in [4.69, 9.17) is 4.52 Å². The molecule has 1 atom stereocenters. The van der Waals surface area contributed by atoms with Gasteiger partial charge in [0.2, 0.25) is 0 Å². The second-order valence-corrected chi connectivity index (χ2v) is 4.20. The van der Waals surface area contributed by atoms with Gasteiger partial charge in [-0.1, -0.05) is 35.5 Å². The van der Waals surface area contributed by atoms with Gasteiger partial charge in [0.05, 0.1) is 0 Å². The van der Waals surface area contributed by atoms with Crippen LogP contribution in [0.3, 0.4) is 0 Å². The summed E-state index contributed by atoms with van der Waals surface area (Å²) in [6.45, 7) is 1.61. The summed E-state index contributed by atoms with van der Waals surface area (Å²) in [5.41, 5.74) is 0.855. The Hall–Kier alpha value is -2.20. The second kappa shape index (κ2) is 4.23. The molecule has 18 heavy (non-hydrogen) atoms. The van der Waals surface area contributed by atoms with Crippen molar-refractivity contribution in [1.29, 1.82) is 0 Å². The predicted molar refractivity (Wildman–Crippen MR) is 67.9 cm³/mol. The zero-order valence-corrected chi connectivity index (χ0v) is 9.87. The standard InChI is InChI=1S/C14H12N2O2/c1-9(17)13-15-14(18-16-13)12-7-6-10-4-2-3-5-11(10)8-12/h2-9,17H,1H3. The molecule has 0 fully saturated rings. The predicted octanol–water partition coefficient (Wildman–Crippen LogP) is 2.94. The van der Waals surface area contributed by atoms with Gasteiger partial charge in [-0.15, -0.1) is 0 Å². The van der Waals surface area contributed by atoms with Crippen LogP contribution in [0.25, 0.3) is 22.2 Å². The van der Waals surface area contributed by atoms with Crippen molar-refractivity contribution >= 4 is 10.8 Å². The maximum absolute atomic E-state index is 9.37. The van der Waals surface area contributed by atoms with Crippen LogP contribution in [0.2, 0.25) is 0 Å². The molecule has 0 bridgehead atoms. The summed E-state index contributed by atoms with van der Waals surface area (Å²) in [6.07, 6.45) is -0.719. The minimum atomic E-state index is -0.719. The Morgan fingerprint density at radius 1 is 1.11 bits per heavy atom. The Kier molecular flexibility index (Phi) is 2.57. The highest BCUT2D eigenvalue weighted by molar-refractivity contribution is 5.86. The maximum Gasteiger partial charge on any atom is 0.258 e. The molecule has 4 nitrogen and oxygen atoms in total. The molecule has 0 saturated carbocycles. The minimum absolute atomic E-state index is 0.304. The van der Waals surface area contributed by atoms with E-state index in [0.717, 1.165) is 16.3 Å². The molecule has 1 aromatic heterocycles. The molecule has 1 N–H and O–H groups in total. The van der Waals surface area contributed by atoms with E-state index in [2.05, 4.69) is 10.1 Å². The van der Waals surface area contributed by atoms with E-state index in [1.807, 2.05) is 42.5 Å². The molecule has 1 unspecified atom stereocenters. The quantitative estimate of drug-likeness (QED) is 0.748. The SMILES string of the molecule is CC(O)c1noc(-c2ccc3ccccc3c2)n1. The monoisotopic (exact) mass is 240 g/mol. The number of nitrogens with zero attached hydrogens (tertiary/aromatic N) is 2. The van der Waals surface area contributed by atoms with Crippen molar-refractivity contribution in [3.05, 3.63) is 48.3 Å². The number of hydrogen-bond donors (Lipinski definition) is 1. The molecule has 0 saturated heterocycles. The third kappa shape index (κ3) is 1.87. The molecule has 0 aliphatic heterocycles. The Morgan fingerprint density at radius 3 is 2.61 bits per heavy atom. The van der Waals surface area contributed by atoms with Crippen LogP contribution in [0.4, 0.5) is 0 Å². The Bertz CT molecular complexity index is 689. The number of benzene rings is 2. The number of fused-ring (bicyclic) bond motifs is 1. The normalized spacial score (nSPS) is 12.8. The highest BCUT2D eigenvalue weighted by atomic mass is 16.5. The lowest BCUT2D eigenvalue weighted by Gasteiger charge is -1.99. The Balaban J connectivity index is 2.07. The molecule has 2 aromatic carbocycles. The fourth-order valence-corrected chi connectivity index (χ4v) is 1.84. The number of aliphatic hydroxyl groups is 1. The third-order valence-corrected chi connectivity index (χ3v) is 2.81. The fourth-order valence-electron chi connectivity index (χ4n) is 1.84. The zero-order chi connectivity index (χ0) is 12.5. The molecular weight excluding hydrogens is 228 g/mol. The van der Waals surface area contributed by atoms with Crippen LogP contribution in [0.15, 0.2) is 47.0 Å². The van der Waals surface area contributed by atoms with Crippen molar-refractivity contribution in [2.75, 3.05) is 0 Å². The average Bonchev–Trinajstić information content (AvgIpc) is 2.88. The number of aliphatic hydroxyl groups excluding tert-OH is 1. The van der Waals surface area contributed by atoms with Crippen molar-refractivity contribution in [2.45, 2.75) is 13.0 Å². The average molecular weight is 240 g/mol. The Morgan fingerprint density at radius 2 is 1.89 bits per heavy atom. The van der Waals surface area contributed by atoms with Crippen LogP contribution in [-0.2, 0) is 0 Å². The number of rotatable bonds is 2. The summed E-state index contributed by atoms with van der Waals surface area (Å²) in [5, 5.41) is 15.4. The molecular formula is C14H12N2O2. The van der Waals surface area contributed by atoms with Crippen LogP contribution >= 0.6 is 0 Å². The summed E-state index contributed by atoms with van der Waals surface area (Å²) < 4.78 is 5.14. The topological polar surface area (TPSA) is 59.2 Å². The molecule has 90 valence electrons. The van der Waals surface area contributed by atoms with Crippen molar-refractivity contribution < 1.29 is 9.63 Å². The van der Waals surface area contributed by atoms with Crippen LogP contribution in [-0.4, -0.2) is 15.2 Å². The summed E-state index contributed by atoms with van der Waals surface area (Å²) in [7, 11) is 0. The summed E-state index contributed by atoms with van der Waals surface area (Å²) in [4.78, 5) is 4.16. The molecule has 1 heterocycles. The first-order valence-corrected chi connectivity index (χ1v) is 5.75. The van der Waals surface area contributed by atoms with Gasteiger partial charge in [-0.25, -0.2) is 0 Å². The first kappa shape index (κ1) is 10.9. The zero-order valence-electron chi connectivity index (χ0n) is 9.87. The lowest BCUT2D eigenvalue weighted by atomic mass is 10.1. The van der Waals surface area contributed by atoms with Gasteiger partial charge in [-0.05, 0) is 29.8 Å². The maximum atomic E-state index is 9.37. The summed E-state index contributed by atoms with van der Waals surface area (Å²) in [6, 6.07) is 14.0. The molecule has 0 amide bonds. The van der Waals surface area contributed by atoms with E-state index in [9.17, 15) is 5.11 Å². The first-order valence-electron chi connectivity index (χ1n) is 5.75. The molecule has 3 aromatic rings. The summed E-state index contributed by atoms with van der Waals surface area (Å²) >= 11 is 0. The van der Waals surface area contributed by atoms with Gasteiger partial charge < -0.3 is 9.63 Å². The van der Waals surface area contributed by atoms with Crippen LogP contribution in [0.1, 0.15) is 18.9 Å². The minimum Gasteiger partial charge on any atom is -0.385 e. The highest BCUT2D eigenvalue weighted by Crippen LogP contribution is 2.23. The first-order chi connectivity index (χ1) is 8.74. The smallest absolute Gasteiger partial charge is 0.258 e. The number of aromatic nitrogens is 2. The van der Waals surface area contributed by atoms with Gasteiger partial charge in [0, 0.05) is 5.56 Å². The van der Waals surface area contributed by atoms with E-state index in [0.29, 0.717) is 11.7 Å². The van der Waals surface area contributed by atoms with Gasteiger partial charge >= 0.3 is 0 Å². The molecule has 3 rings (SSSR count). The van der Waals surface area contributed by atoms with Crippen molar-refractivity contribution in [2.24, 2.45) is 0 Å². The van der Waals surface area contributed by atoms with E-state index < -0.39 is 6.10 Å². The number of hydrogen-bond acceptors (Lipinski definition) is 4. The van der Waals surface area contributed by atoms with Crippen molar-refractivity contribution in [3.63, 3.8) is 0 Å². The van der Waals surface area contributed by atoms with E-state index in [1.165, 1.54) is 0 Å². The lowest BCUT2D eigenvalue weighted by molar-refractivity contribution is 0.184. The molecule has 4 heteroatoms. The van der Waals surface area contributed by atoms with E-state index >= 15 is 0 Å². The van der Waals surface area contributed by atoms with Gasteiger partial charge in [-0.3, -0.25) is 0 Å². The molecule has 0 aliphatic carbocycles. The van der Waals surface area contributed by atoms with Crippen LogP contribution < -0.4 is 0 Å². The molecule has 0 aliphatic rings. The summed E-state index contributed by atoms with van der Waals surface area (Å²) in [5.74, 6) is 0.731. The van der Waals surface area contributed by atoms with Crippen molar-refractivity contribution in [3.8, 4) is 11.5 Å². The van der Waals surface area contributed by atoms with Gasteiger partial charge in [0.25, 0.3) is 5.89 Å². The Labute approximate surface area is 104 Å². The van der Waals surface area contributed by atoms with Gasteiger partial charge in [0.15, 0.2) is 5.82 Å².